The third-order valence-electron chi connectivity index (χ3n) is 4.89. The molecule has 0 aliphatic rings. The van der Waals surface area contributed by atoms with Gasteiger partial charge in [-0.25, -0.2) is 8.78 Å². The van der Waals surface area contributed by atoms with Gasteiger partial charge in [-0.2, -0.15) is 0 Å². The van der Waals surface area contributed by atoms with Crippen LogP contribution in [-0.2, 0) is 0 Å². The van der Waals surface area contributed by atoms with E-state index < -0.39 is 5.92 Å². The monoisotopic (exact) mass is 436 g/mol. The predicted molar refractivity (Wildman–Crippen MR) is 128 cm³/mol. The molecule has 0 fully saturated rings. The van der Waals surface area contributed by atoms with Gasteiger partial charge < -0.3 is 4.74 Å². The first kappa shape index (κ1) is 25.0. The van der Waals surface area contributed by atoms with Crippen LogP contribution in [0.5, 0.6) is 11.5 Å². The first-order valence-corrected chi connectivity index (χ1v) is 10.8. The lowest BCUT2D eigenvalue weighted by atomic mass is 10.0. The van der Waals surface area contributed by atoms with Gasteiger partial charge in [-0.05, 0) is 44.0 Å². The van der Waals surface area contributed by atoms with E-state index in [0.29, 0.717) is 41.2 Å². The number of nitrogens with zero attached hydrogens (tertiary/aromatic N) is 2. The number of alkyl halides is 2. The van der Waals surface area contributed by atoms with Gasteiger partial charge in [-0.15, -0.1) is 6.42 Å². The minimum atomic E-state index is -2.98. The van der Waals surface area contributed by atoms with E-state index in [4.69, 9.17) is 11.2 Å². The molecule has 0 N–H and O–H groups in total. The smallest absolute Gasteiger partial charge is 0.274 e. The Kier molecular flexibility index (Phi) is 9.34. The lowest BCUT2D eigenvalue weighted by Gasteiger charge is -2.17. The number of aliphatic imine (C=N–C) groups is 1. The third-order valence-corrected chi connectivity index (χ3v) is 4.89. The van der Waals surface area contributed by atoms with Crippen LogP contribution in [0.25, 0.3) is 0 Å². The summed E-state index contributed by atoms with van der Waals surface area (Å²) in [4.78, 5) is 8.67. The Bertz CT molecular complexity index is 1030. The molecule has 1 heterocycles. The summed E-state index contributed by atoms with van der Waals surface area (Å²) in [5, 5.41) is 0. The number of hydrogen-bond acceptors (Lipinski definition) is 3. The van der Waals surface area contributed by atoms with Crippen LogP contribution in [0.2, 0.25) is 0 Å². The summed E-state index contributed by atoms with van der Waals surface area (Å²) in [6.45, 7) is 9.22. The average Bonchev–Trinajstić information content (AvgIpc) is 2.76. The summed E-state index contributed by atoms with van der Waals surface area (Å²) in [5.74, 6) is 0.769. The molecule has 3 nitrogen and oxygen atoms in total. The van der Waals surface area contributed by atoms with Crippen molar-refractivity contribution in [3.63, 3.8) is 0 Å². The highest BCUT2D eigenvalue weighted by atomic mass is 19.3. The number of aryl methyl sites for hydroxylation is 1. The predicted octanol–water partition coefficient (Wildman–Crippen LogP) is 7.65. The van der Waals surface area contributed by atoms with Crippen molar-refractivity contribution in [3.05, 3.63) is 77.8 Å². The molecular formula is C27H30F2N2O. The van der Waals surface area contributed by atoms with Gasteiger partial charge in [0.15, 0.2) is 0 Å². The molecule has 0 aliphatic heterocycles. The number of allylic oxidation sites excluding steroid dienone is 2. The van der Waals surface area contributed by atoms with Gasteiger partial charge in [0, 0.05) is 47.3 Å². The van der Waals surface area contributed by atoms with E-state index in [-0.39, 0.29) is 12.0 Å². The number of benzene rings is 1. The van der Waals surface area contributed by atoms with Crippen molar-refractivity contribution in [2.24, 2.45) is 4.99 Å². The van der Waals surface area contributed by atoms with Gasteiger partial charge in [0.1, 0.15) is 11.5 Å². The zero-order chi connectivity index (χ0) is 23.6. The molecule has 0 unspecified atom stereocenters. The Labute approximate surface area is 190 Å². The molecule has 2 rings (SSSR count). The van der Waals surface area contributed by atoms with E-state index in [9.17, 15) is 8.78 Å². The number of hydrogen-bond donors (Lipinski definition) is 0. The summed E-state index contributed by atoms with van der Waals surface area (Å²) in [7, 11) is 0. The molecule has 0 aliphatic carbocycles. The van der Waals surface area contributed by atoms with Crippen LogP contribution in [0.4, 0.5) is 8.78 Å². The normalized spacial score (nSPS) is 12.4. The summed E-state index contributed by atoms with van der Waals surface area (Å²) < 4.78 is 35.0. The van der Waals surface area contributed by atoms with Crippen LogP contribution in [0, 0.1) is 19.3 Å². The second-order valence-corrected chi connectivity index (χ2v) is 7.51. The molecule has 0 spiro atoms. The number of ether oxygens (including phenoxy) is 1. The molecule has 0 radical (unpaired) electrons. The van der Waals surface area contributed by atoms with E-state index in [2.05, 4.69) is 29.4 Å². The summed E-state index contributed by atoms with van der Waals surface area (Å²) >= 11 is 0. The fraction of sp³-hybridized carbons (Fsp3) is 0.333. The van der Waals surface area contributed by atoms with E-state index in [1.807, 2.05) is 19.1 Å². The Morgan fingerprint density at radius 1 is 1.25 bits per heavy atom. The van der Waals surface area contributed by atoms with Crippen molar-refractivity contribution in [2.75, 3.05) is 0 Å². The van der Waals surface area contributed by atoms with Crippen LogP contribution in [0.3, 0.4) is 0 Å². The molecule has 5 heteroatoms. The van der Waals surface area contributed by atoms with Crippen LogP contribution in [0.15, 0.2) is 65.9 Å². The molecule has 0 saturated carbocycles. The second-order valence-electron chi connectivity index (χ2n) is 7.51. The van der Waals surface area contributed by atoms with Gasteiger partial charge >= 0.3 is 0 Å². The van der Waals surface area contributed by atoms with Crippen molar-refractivity contribution < 1.29 is 13.5 Å². The SMILES string of the molecule is C#Cc1ccc(/C(CCCC)=N/C=C(\C=C)C(F)(F)CCC)c(Oc2ccnc(C)c2)c1. The van der Waals surface area contributed by atoms with E-state index in [1.165, 1.54) is 12.3 Å². The van der Waals surface area contributed by atoms with Crippen LogP contribution < -0.4 is 4.74 Å². The molecule has 168 valence electrons. The molecule has 0 atom stereocenters. The van der Waals surface area contributed by atoms with Gasteiger partial charge in [0.25, 0.3) is 5.92 Å². The van der Waals surface area contributed by atoms with Gasteiger partial charge in [0.2, 0.25) is 0 Å². The molecule has 1 aromatic heterocycles. The largest absolute Gasteiger partial charge is 0.457 e. The topological polar surface area (TPSA) is 34.5 Å². The van der Waals surface area contributed by atoms with Gasteiger partial charge in [0.05, 0.1) is 5.71 Å². The van der Waals surface area contributed by atoms with Gasteiger partial charge in [-0.3, -0.25) is 9.98 Å². The molecule has 0 bridgehead atoms. The summed E-state index contributed by atoms with van der Waals surface area (Å²) in [6.07, 6.45) is 12.2. The Morgan fingerprint density at radius 2 is 2.03 bits per heavy atom. The average molecular weight is 437 g/mol. The molecular weight excluding hydrogens is 406 g/mol. The zero-order valence-electron chi connectivity index (χ0n) is 19.0. The molecule has 32 heavy (non-hydrogen) atoms. The number of aromatic nitrogens is 1. The second kappa shape index (κ2) is 12.0. The Morgan fingerprint density at radius 3 is 2.66 bits per heavy atom. The van der Waals surface area contributed by atoms with Crippen molar-refractivity contribution in [2.45, 2.75) is 58.8 Å². The van der Waals surface area contributed by atoms with Crippen molar-refractivity contribution in [1.29, 1.82) is 0 Å². The number of unbranched alkanes of at least 4 members (excludes halogenated alkanes) is 1. The Hall–Kier alpha value is -3.26. The highest BCUT2D eigenvalue weighted by Gasteiger charge is 2.31. The zero-order valence-corrected chi connectivity index (χ0v) is 19.0. The minimum absolute atomic E-state index is 0.194. The quantitative estimate of drug-likeness (QED) is 0.206. The standard InChI is InChI=1S/C27H30F2N2O/c1-6-10-11-25(31-19-22(9-4)27(28,29)15-7-2)24-13-12-21(8-3)18-26(24)32-23-14-16-30-20(5)17-23/h3,9,12-14,16-19H,4,6-7,10-11,15H2,1-2,5H3/b22-19+,31-25+. The lowest BCUT2D eigenvalue weighted by molar-refractivity contribution is 0.0352. The summed E-state index contributed by atoms with van der Waals surface area (Å²) in [6, 6.07) is 8.96. The first-order chi connectivity index (χ1) is 15.3. The molecule has 2 aromatic rings. The maximum atomic E-state index is 14.4. The fourth-order valence-electron chi connectivity index (χ4n) is 3.16. The van der Waals surface area contributed by atoms with E-state index in [0.717, 1.165) is 18.5 Å². The maximum absolute atomic E-state index is 14.4. The lowest BCUT2D eigenvalue weighted by Crippen LogP contribution is -2.17. The number of pyridine rings is 1. The van der Waals surface area contributed by atoms with E-state index >= 15 is 0 Å². The highest BCUT2D eigenvalue weighted by molar-refractivity contribution is 6.03. The van der Waals surface area contributed by atoms with Crippen LogP contribution in [0.1, 0.15) is 62.8 Å². The number of rotatable bonds is 11. The Balaban J connectivity index is 2.56. The maximum Gasteiger partial charge on any atom is 0.274 e. The van der Waals surface area contributed by atoms with Crippen molar-refractivity contribution in [1.82, 2.24) is 4.98 Å². The summed E-state index contributed by atoms with van der Waals surface area (Å²) in [5.41, 5.74) is 2.64. The molecule has 0 saturated heterocycles. The van der Waals surface area contributed by atoms with Crippen LogP contribution >= 0.6 is 0 Å². The van der Waals surface area contributed by atoms with Crippen molar-refractivity contribution in [3.8, 4) is 23.8 Å². The third kappa shape index (κ3) is 6.88. The number of halogens is 2. The number of terminal acetylenes is 1. The first-order valence-electron chi connectivity index (χ1n) is 10.8. The molecule has 0 amide bonds. The van der Waals surface area contributed by atoms with Crippen LogP contribution in [-0.4, -0.2) is 16.6 Å². The fourth-order valence-corrected chi connectivity index (χ4v) is 3.16. The minimum Gasteiger partial charge on any atom is -0.457 e. The van der Waals surface area contributed by atoms with E-state index in [1.54, 1.807) is 31.3 Å². The van der Waals surface area contributed by atoms with Crippen molar-refractivity contribution >= 4 is 5.71 Å². The molecule has 1 aromatic carbocycles. The highest BCUT2D eigenvalue weighted by Crippen LogP contribution is 2.31. The van der Waals surface area contributed by atoms with Gasteiger partial charge in [-0.1, -0.05) is 45.3 Å².